The minimum atomic E-state index is 0.707. The van der Waals surface area contributed by atoms with Gasteiger partial charge < -0.3 is 5.32 Å². The smallest absolute Gasteiger partial charge is 0.0603 e. The highest BCUT2D eigenvalue weighted by molar-refractivity contribution is 5.34. The summed E-state index contributed by atoms with van der Waals surface area (Å²) in [5.74, 6) is 12.6. The number of nitrogens with one attached hydrogen (secondary N) is 1. The quantitative estimate of drug-likeness (QED) is 0.675. The van der Waals surface area contributed by atoms with Crippen molar-refractivity contribution in [2.24, 2.45) is 0 Å². The largest absolute Gasteiger partial charge is 0.305 e. The third-order valence-electron chi connectivity index (χ3n) is 3.25. The number of nitrogens with zero attached hydrogens (tertiary/aromatic N) is 1. The van der Waals surface area contributed by atoms with Gasteiger partial charge in [-0.3, -0.25) is 4.90 Å². The maximum atomic E-state index is 3.33. The highest BCUT2D eigenvalue weighted by Crippen LogP contribution is 1.95. The first-order chi connectivity index (χ1) is 11.3. The van der Waals surface area contributed by atoms with E-state index in [0.717, 1.165) is 30.8 Å². The minimum Gasteiger partial charge on any atom is -0.305 e. The van der Waals surface area contributed by atoms with Gasteiger partial charge in [0.25, 0.3) is 0 Å². The maximum Gasteiger partial charge on any atom is 0.0603 e. The lowest BCUT2D eigenvalue weighted by atomic mass is 10.2. The van der Waals surface area contributed by atoms with Gasteiger partial charge >= 0.3 is 0 Å². The Bertz CT molecular complexity index is 685. The van der Waals surface area contributed by atoms with Crippen molar-refractivity contribution < 1.29 is 0 Å². The Morgan fingerprint density at radius 2 is 1.39 bits per heavy atom. The fourth-order valence-corrected chi connectivity index (χ4v) is 1.97. The van der Waals surface area contributed by atoms with Crippen LogP contribution in [0.2, 0.25) is 0 Å². The van der Waals surface area contributed by atoms with E-state index >= 15 is 0 Å². The van der Waals surface area contributed by atoms with Crippen LogP contribution in [0.5, 0.6) is 0 Å². The number of hydrogen-bond donors (Lipinski definition) is 1. The Hall–Kier alpha value is -2.52. The fourth-order valence-electron chi connectivity index (χ4n) is 1.97. The van der Waals surface area contributed by atoms with Crippen LogP contribution in [-0.2, 0) is 0 Å². The van der Waals surface area contributed by atoms with Gasteiger partial charge in [-0.25, -0.2) is 0 Å². The van der Waals surface area contributed by atoms with Gasteiger partial charge in [0.15, 0.2) is 0 Å². The summed E-state index contributed by atoms with van der Waals surface area (Å²) in [4.78, 5) is 2.20. The molecule has 0 atom stereocenters. The van der Waals surface area contributed by atoms with Crippen LogP contribution < -0.4 is 5.32 Å². The molecule has 0 bridgehead atoms. The van der Waals surface area contributed by atoms with E-state index in [-0.39, 0.29) is 0 Å². The van der Waals surface area contributed by atoms with Gasteiger partial charge in [0, 0.05) is 24.2 Å². The molecule has 0 amide bonds. The molecule has 0 aliphatic rings. The molecule has 2 aromatic carbocycles. The monoisotopic (exact) mass is 302 g/mol. The van der Waals surface area contributed by atoms with Crippen molar-refractivity contribution in [1.29, 1.82) is 0 Å². The first kappa shape index (κ1) is 16.8. The molecule has 2 nitrogen and oxygen atoms in total. The third kappa shape index (κ3) is 7.34. The molecule has 1 N–H and O–H groups in total. The second kappa shape index (κ2) is 10.2. The molecule has 0 aliphatic carbocycles. The van der Waals surface area contributed by atoms with E-state index < -0.39 is 0 Å². The normalized spacial score (nSPS) is 9.65. The predicted octanol–water partition coefficient (Wildman–Crippen LogP) is 2.61. The molecule has 2 rings (SSSR count). The van der Waals surface area contributed by atoms with E-state index in [9.17, 15) is 0 Å². The summed E-state index contributed by atoms with van der Waals surface area (Å²) in [6, 6.07) is 20.1. The summed E-state index contributed by atoms with van der Waals surface area (Å²) >= 11 is 0. The zero-order valence-electron chi connectivity index (χ0n) is 13.5. The Balaban J connectivity index is 1.59. The predicted molar refractivity (Wildman–Crippen MR) is 97.0 cm³/mol. The Labute approximate surface area is 139 Å². The minimum absolute atomic E-state index is 0.707. The van der Waals surface area contributed by atoms with Crippen LogP contribution in [0.4, 0.5) is 0 Å². The molecular weight excluding hydrogens is 280 g/mol. The second-order valence-corrected chi connectivity index (χ2v) is 5.25. The van der Waals surface area contributed by atoms with E-state index in [4.69, 9.17) is 0 Å². The van der Waals surface area contributed by atoms with Gasteiger partial charge in [-0.2, -0.15) is 0 Å². The average molecular weight is 302 g/mol. The number of likely N-dealkylation sites (N-methyl/N-ethyl adjacent to an activating group) is 1. The van der Waals surface area contributed by atoms with Crippen LogP contribution >= 0.6 is 0 Å². The maximum absolute atomic E-state index is 3.33. The zero-order valence-corrected chi connectivity index (χ0v) is 13.5. The summed E-state index contributed by atoms with van der Waals surface area (Å²) in [6.07, 6.45) is 0. The van der Waals surface area contributed by atoms with Gasteiger partial charge in [0.05, 0.1) is 13.1 Å². The lowest BCUT2D eigenvalue weighted by Gasteiger charge is -2.12. The van der Waals surface area contributed by atoms with Crippen molar-refractivity contribution in [3.8, 4) is 23.7 Å². The summed E-state index contributed by atoms with van der Waals surface area (Å²) < 4.78 is 0. The average Bonchev–Trinajstić information content (AvgIpc) is 2.60. The molecule has 0 fully saturated rings. The van der Waals surface area contributed by atoms with Gasteiger partial charge in [-0.1, -0.05) is 60.1 Å². The molecule has 0 radical (unpaired) electrons. The molecule has 0 aromatic heterocycles. The van der Waals surface area contributed by atoms with Crippen molar-refractivity contribution in [3.63, 3.8) is 0 Å². The van der Waals surface area contributed by atoms with Crippen molar-refractivity contribution in [3.05, 3.63) is 71.8 Å². The fraction of sp³-hybridized carbons (Fsp3) is 0.238. The standard InChI is InChI=1S/C21H22N2/c1-23(18-9-15-21-12-6-3-7-13-21)19-17-22-16-8-14-20-10-4-2-5-11-20/h2-7,10-13,22H,16-19H2,1H3. The first-order valence-corrected chi connectivity index (χ1v) is 7.82. The molecule has 0 spiro atoms. The van der Waals surface area contributed by atoms with Crippen LogP contribution in [-0.4, -0.2) is 38.1 Å². The Morgan fingerprint density at radius 3 is 2.00 bits per heavy atom. The molecular formula is C21H22N2. The lowest BCUT2D eigenvalue weighted by Crippen LogP contribution is -2.29. The molecule has 2 heteroatoms. The Morgan fingerprint density at radius 1 is 0.826 bits per heavy atom. The molecule has 2 aromatic rings. The second-order valence-electron chi connectivity index (χ2n) is 5.25. The number of hydrogen-bond acceptors (Lipinski definition) is 2. The molecule has 116 valence electrons. The SMILES string of the molecule is CN(CC#Cc1ccccc1)CCNCC#Cc1ccccc1. The Kier molecular flexibility index (Phi) is 7.50. The van der Waals surface area contributed by atoms with Crippen molar-refractivity contribution >= 4 is 0 Å². The topological polar surface area (TPSA) is 15.3 Å². The van der Waals surface area contributed by atoms with E-state index in [1.54, 1.807) is 0 Å². The highest BCUT2D eigenvalue weighted by Gasteiger charge is 1.94. The van der Waals surface area contributed by atoms with E-state index in [1.807, 2.05) is 60.7 Å². The zero-order chi connectivity index (χ0) is 16.2. The van der Waals surface area contributed by atoms with Crippen molar-refractivity contribution in [2.75, 3.05) is 33.2 Å². The molecule has 23 heavy (non-hydrogen) atoms. The van der Waals surface area contributed by atoms with E-state index in [1.165, 1.54) is 0 Å². The lowest BCUT2D eigenvalue weighted by molar-refractivity contribution is 0.374. The van der Waals surface area contributed by atoms with Gasteiger partial charge in [-0.15, -0.1) is 0 Å². The van der Waals surface area contributed by atoms with Crippen molar-refractivity contribution in [1.82, 2.24) is 10.2 Å². The summed E-state index contributed by atoms with van der Waals surface area (Å²) in [5, 5.41) is 3.33. The molecule has 0 saturated heterocycles. The molecule has 0 heterocycles. The summed E-state index contributed by atoms with van der Waals surface area (Å²) in [6.45, 7) is 3.34. The van der Waals surface area contributed by atoms with Crippen LogP contribution in [0.3, 0.4) is 0 Å². The number of benzene rings is 2. The highest BCUT2D eigenvalue weighted by atomic mass is 15.1. The van der Waals surface area contributed by atoms with E-state index in [2.05, 4.69) is 40.9 Å². The molecule has 0 saturated carbocycles. The van der Waals surface area contributed by atoms with Crippen LogP contribution in [0.1, 0.15) is 11.1 Å². The summed E-state index contributed by atoms with van der Waals surface area (Å²) in [7, 11) is 2.08. The van der Waals surface area contributed by atoms with Crippen LogP contribution in [0, 0.1) is 23.7 Å². The van der Waals surface area contributed by atoms with Crippen LogP contribution in [0.25, 0.3) is 0 Å². The van der Waals surface area contributed by atoms with E-state index in [0.29, 0.717) is 6.54 Å². The first-order valence-electron chi connectivity index (χ1n) is 7.82. The van der Waals surface area contributed by atoms with Gasteiger partial charge in [0.1, 0.15) is 0 Å². The molecule has 0 unspecified atom stereocenters. The summed E-state index contributed by atoms with van der Waals surface area (Å²) in [5.41, 5.74) is 2.12. The van der Waals surface area contributed by atoms with Gasteiger partial charge in [-0.05, 0) is 31.3 Å². The third-order valence-corrected chi connectivity index (χ3v) is 3.25. The molecule has 0 aliphatic heterocycles. The van der Waals surface area contributed by atoms with Gasteiger partial charge in [0.2, 0.25) is 0 Å². The number of rotatable bonds is 5. The van der Waals surface area contributed by atoms with Crippen LogP contribution in [0.15, 0.2) is 60.7 Å². The van der Waals surface area contributed by atoms with Crippen molar-refractivity contribution in [2.45, 2.75) is 0 Å².